The highest BCUT2D eigenvalue weighted by atomic mass is 35.5. The molecule has 2 amide bonds. The van der Waals surface area contributed by atoms with E-state index in [2.05, 4.69) is 5.32 Å². The number of nitrogens with zero attached hydrogens (tertiary/aromatic N) is 2. The summed E-state index contributed by atoms with van der Waals surface area (Å²) in [5, 5.41) is 3.57. The lowest BCUT2D eigenvalue weighted by Gasteiger charge is -2.32. The van der Waals surface area contributed by atoms with Crippen molar-refractivity contribution >= 4 is 39.1 Å². The van der Waals surface area contributed by atoms with Crippen molar-refractivity contribution in [1.29, 1.82) is 0 Å². The lowest BCUT2D eigenvalue weighted by molar-refractivity contribution is -0.141. The maximum atomic E-state index is 13.5. The minimum Gasteiger partial charge on any atom is -0.486 e. The van der Waals surface area contributed by atoms with Crippen molar-refractivity contribution in [2.75, 3.05) is 30.3 Å². The summed E-state index contributed by atoms with van der Waals surface area (Å²) in [4.78, 5) is 28.2. The number of hydrogen-bond acceptors (Lipinski definition) is 6. The van der Waals surface area contributed by atoms with Crippen molar-refractivity contribution in [3.05, 3.63) is 53.1 Å². The number of hydrogen-bond donors (Lipinski definition) is 1. The first-order valence-corrected chi connectivity index (χ1v) is 15.5. The molecule has 0 saturated heterocycles. The molecule has 11 heteroatoms. The number of carbonyl (C=O) groups is 2. The third-order valence-corrected chi connectivity index (χ3v) is 8.07. The second-order valence-corrected chi connectivity index (χ2v) is 12.0. The van der Waals surface area contributed by atoms with Crippen LogP contribution in [0.3, 0.4) is 0 Å². The Morgan fingerprint density at radius 2 is 1.69 bits per heavy atom. The molecule has 1 N–H and O–H groups in total. The smallest absolute Gasteiger partial charge is 0.243 e. The fourth-order valence-corrected chi connectivity index (χ4v) is 5.42. The quantitative estimate of drug-likeness (QED) is 0.378. The van der Waals surface area contributed by atoms with Crippen molar-refractivity contribution in [1.82, 2.24) is 10.2 Å². The summed E-state index contributed by atoms with van der Waals surface area (Å²) in [6.45, 7) is 6.93. The fraction of sp³-hybridized carbons (Fsp3) is 0.500. The van der Waals surface area contributed by atoms with Crippen LogP contribution in [0.5, 0.6) is 11.5 Å². The van der Waals surface area contributed by atoms with Crippen LogP contribution in [-0.4, -0.2) is 63.2 Å². The highest BCUT2D eigenvalue weighted by molar-refractivity contribution is 7.92. The number of nitrogens with one attached hydrogen (secondary N) is 1. The number of sulfonamides is 1. The molecule has 0 aliphatic carbocycles. The topological polar surface area (TPSA) is 105 Å². The van der Waals surface area contributed by atoms with E-state index in [0.717, 1.165) is 18.2 Å². The highest BCUT2D eigenvalue weighted by Gasteiger charge is 2.29. The van der Waals surface area contributed by atoms with Crippen LogP contribution in [0.15, 0.2) is 42.5 Å². The largest absolute Gasteiger partial charge is 0.486 e. The molecule has 2 aromatic carbocycles. The summed E-state index contributed by atoms with van der Waals surface area (Å²) in [7, 11) is -3.63. The van der Waals surface area contributed by atoms with Crippen molar-refractivity contribution in [3.8, 4) is 11.5 Å². The zero-order valence-electron chi connectivity index (χ0n) is 23.0. The van der Waals surface area contributed by atoms with Crippen LogP contribution < -0.4 is 19.1 Å². The van der Waals surface area contributed by atoms with Crippen LogP contribution >= 0.6 is 11.6 Å². The molecule has 2 aromatic rings. The van der Waals surface area contributed by atoms with E-state index in [1.165, 1.54) is 4.31 Å². The van der Waals surface area contributed by atoms with Crippen LogP contribution in [0, 0.1) is 0 Å². The Labute approximate surface area is 236 Å². The molecule has 1 aliphatic rings. The van der Waals surface area contributed by atoms with Crippen molar-refractivity contribution in [2.24, 2.45) is 0 Å². The van der Waals surface area contributed by atoms with Gasteiger partial charge in [0.05, 0.1) is 11.9 Å². The van der Waals surface area contributed by atoms with E-state index < -0.39 is 16.1 Å². The van der Waals surface area contributed by atoms with Gasteiger partial charge in [-0.05, 0) is 56.0 Å². The number of benzene rings is 2. The Bertz CT molecular complexity index is 1240. The predicted octanol–water partition coefficient (Wildman–Crippen LogP) is 4.38. The molecule has 0 fully saturated rings. The van der Waals surface area contributed by atoms with E-state index in [4.69, 9.17) is 21.1 Å². The van der Waals surface area contributed by atoms with E-state index in [1.54, 1.807) is 35.2 Å². The Kier molecular flexibility index (Phi) is 10.9. The summed E-state index contributed by atoms with van der Waals surface area (Å²) in [6, 6.07) is 11.5. The van der Waals surface area contributed by atoms with Gasteiger partial charge >= 0.3 is 0 Å². The van der Waals surface area contributed by atoms with Crippen molar-refractivity contribution in [2.45, 2.75) is 65.1 Å². The molecule has 1 aliphatic heterocycles. The van der Waals surface area contributed by atoms with Crippen LogP contribution in [0.25, 0.3) is 0 Å². The van der Waals surface area contributed by atoms with Crippen LogP contribution in [0.1, 0.15) is 52.0 Å². The number of fused-ring (bicyclic) bond motifs is 1. The third-order valence-electron chi connectivity index (χ3n) is 6.62. The molecule has 0 unspecified atom stereocenters. The summed E-state index contributed by atoms with van der Waals surface area (Å²) >= 11 is 6.04. The maximum Gasteiger partial charge on any atom is 0.243 e. The standard InChI is InChI=1S/C28H38ClN3O6S/c1-5-20(3)30-28(34)24(6-2)31(19-21-9-11-22(29)12-10-21)27(33)8-7-15-32(39(4,35)36)23-13-14-25-26(18-23)38-17-16-37-25/h9-14,18,20,24H,5-8,15-17,19H2,1-4H3,(H,30,34)/t20-,24+/m0/s1. The maximum absolute atomic E-state index is 13.5. The van der Waals surface area contributed by atoms with Gasteiger partial charge in [-0.15, -0.1) is 0 Å². The van der Waals surface area contributed by atoms with Gasteiger partial charge in [-0.1, -0.05) is 37.6 Å². The van der Waals surface area contributed by atoms with Crippen molar-refractivity contribution < 1.29 is 27.5 Å². The zero-order valence-corrected chi connectivity index (χ0v) is 24.6. The van der Waals surface area contributed by atoms with Gasteiger partial charge in [0, 0.05) is 36.6 Å². The van der Waals surface area contributed by atoms with Crippen LogP contribution in [-0.2, 0) is 26.2 Å². The van der Waals surface area contributed by atoms with Gasteiger partial charge in [0.25, 0.3) is 0 Å². The molecule has 214 valence electrons. The molecule has 1 heterocycles. The molecule has 0 aromatic heterocycles. The number of carbonyl (C=O) groups excluding carboxylic acids is 2. The molecular weight excluding hydrogens is 542 g/mol. The average molecular weight is 580 g/mol. The lowest BCUT2D eigenvalue weighted by atomic mass is 10.1. The van der Waals surface area contributed by atoms with Gasteiger partial charge in [-0.3, -0.25) is 13.9 Å². The van der Waals surface area contributed by atoms with Gasteiger partial charge in [0.2, 0.25) is 21.8 Å². The van der Waals surface area contributed by atoms with E-state index in [9.17, 15) is 18.0 Å². The summed E-state index contributed by atoms with van der Waals surface area (Å²) in [5.41, 5.74) is 1.28. The Balaban J connectivity index is 1.77. The van der Waals surface area contributed by atoms with Gasteiger partial charge in [-0.2, -0.15) is 0 Å². The first-order chi connectivity index (χ1) is 18.5. The van der Waals surface area contributed by atoms with Crippen LogP contribution in [0.4, 0.5) is 5.69 Å². The molecule has 0 bridgehead atoms. The number of rotatable bonds is 13. The van der Waals surface area contributed by atoms with Gasteiger partial charge in [-0.25, -0.2) is 8.42 Å². The second-order valence-electron chi connectivity index (χ2n) is 9.66. The first kappa shape index (κ1) is 30.6. The molecule has 9 nitrogen and oxygen atoms in total. The summed E-state index contributed by atoms with van der Waals surface area (Å²) in [6.07, 6.45) is 2.67. The average Bonchev–Trinajstić information content (AvgIpc) is 2.90. The molecule has 3 rings (SSSR count). The SMILES string of the molecule is CC[C@H](C(=O)N[C@@H](C)CC)N(Cc1ccc(Cl)cc1)C(=O)CCCN(c1ccc2c(c1)OCCO2)S(C)(=O)=O. The summed E-state index contributed by atoms with van der Waals surface area (Å²) in [5.74, 6) is 0.610. The molecule has 0 radical (unpaired) electrons. The number of amides is 2. The zero-order chi connectivity index (χ0) is 28.6. The molecular formula is C28H38ClN3O6S. The third kappa shape index (κ3) is 8.50. The fourth-order valence-electron chi connectivity index (χ4n) is 4.34. The van der Waals surface area contributed by atoms with Gasteiger partial charge < -0.3 is 19.7 Å². The monoisotopic (exact) mass is 579 g/mol. The number of ether oxygens (including phenoxy) is 2. The minimum absolute atomic E-state index is 0.0200. The molecule has 2 atom stereocenters. The lowest BCUT2D eigenvalue weighted by Crippen LogP contribution is -2.50. The normalized spacial score (nSPS) is 14.3. The van der Waals surface area contributed by atoms with Gasteiger partial charge in [0.15, 0.2) is 11.5 Å². The second kappa shape index (κ2) is 13.9. The predicted molar refractivity (Wildman–Crippen MR) is 153 cm³/mol. The van der Waals surface area contributed by atoms with E-state index in [0.29, 0.717) is 41.8 Å². The number of anilines is 1. The van der Waals surface area contributed by atoms with E-state index in [1.807, 2.05) is 32.9 Å². The molecule has 39 heavy (non-hydrogen) atoms. The van der Waals surface area contributed by atoms with Gasteiger partial charge in [0.1, 0.15) is 19.3 Å². The Morgan fingerprint density at radius 1 is 1.03 bits per heavy atom. The van der Waals surface area contributed by atoms with Crippen molar-refractivity contribution in [3.63, 3.8) is 0 Å². The highest BCUT2D eigenvalue weighted by Crippen LogP contribution is 2.34. The Morgan fingerprint density at radius 3 is 2.31 bits per heavy atom. The minimum atomic E-state index is -3.63. The van der Waals surface area contributed by atoms with E-state index >= 15 is 0 Å². The van der Waals surface area contributed by atoms with E-state index in [-0.39, 0.29) is 43.8 Å². The number of halogens is 1. The first-order valence-electron chi connectivity index (χ1n) is 13.2. The summed E-state index contributed by atoms with van der Waals surface area (Å²) < 4.78 is 37.7. The van der Waals surface area contributed by atoms with Crippen LogP contribution in [0.2, 0.25) is 5.02 Å². The Hall–Kier alpha value is -2.98. The molecule has 0 saturated carbocycles. The molecule has 0 spiro atoms.